The van der Waals surface area contributed by atoms with Crippen molar-refractivity contribution in [3.05, 3.63) is 88.1 Å². The fourth-order valence-electron chi connectivity index (χ4n) is 3.80. The minimum atomic E-state index is -1.77. The molecule has 0 aromatic heterocycles. The Hall–Kier alpha value is -4.78. The highest BCUT2D eigenvalue weighted by Crippen LogP contribution is 2.34. The first kappa shape index (κ1) is 30.2. The summed E-state index contributed by atoms with van der Waals surface area (Å²) in [6.45, 7) is 0.964. The van der Waals surface area contributed by atoms with E-state index in [2.05, 4.69) is 5.32 Å². The van der Waals surface area contributed by atoms with Crippen molar-refractivity contribution in [1.82, 2.24) is 4.90 Å². The van der Waals surface area contributed by atoms with Crippen LogP contribution in [0.2, 0.25) is 0 Å². The van der Waals surface area contributed by atoms with Crippen molar-refractivity contribution in [3.63, 3.8) is 0 Å². The summed E-state index contributed by atoms with van der Waals surface area (Å²) in [6.07, 6.45) is 2.28. The zero-order chi connectivity index (χ0) is 30.4. The molecule has 42 heavy (non-hydrogen) atoms. The van der Waals surface area contributed by atoms with Crippen LogP contribution in [0.3, 0.4) is 0 Å². The maximum atomic E-state index is 13.9. The Morgan fingerprint density at radius 3 is 2.36 bits per heavy atom. The van der Waals surface area contributed by atoms with E-state index in [-0.39, 0.29) is 28.9 Å². The molecule has 2 N–H and O–H groups in total. The van der Waals surface area contributed by atoms with Crippen LogP contribution in [-0.2, 0) is 20.8 Å². The van der Waals surface area contributed by atoms with Gasteiger partial charge in [-0.15, -0.1) is 0 Å². The lowest BCUT2D eigenvalue weighted by Gasteiger charge is -2.13. The van der Waals surface area contributed by atoms with Gasteiger partial charge in [0.15, 0.2) is 35.6 Å². The molecule has 13 heteroatoms. The van der Waals surface area contributed by atoms with Crippen LogP contribution in [0.5, 0.6) is 11.5 Å². The number of hydrogen-bond donors (Lipinski definition) is 2. The number of thioether (sulfide) groups is 1. The number of amides is 4. The van der Waals surface area contributed by atoms with Gasteiger partial charge < -0.3 is 20.1 Å². The molecule has 1 aliphatic heterocycles. The zero-order valence-electron chi connectivity index (χ0n) is 22.3. The number of ether oxygens (including phenoxy) is 2. The molecule has 4 amide bonds. The molecule has 0 bridgehead atoms. The molecule has 1 saturated heterocycles. The molecule has 1 heterocycles. The minimum absolute atomic E-state index is 0.00371. The summed E-state index contributed by atoms with van der Waals surface area (Å²) in [6, 6.07) is 13.5. The smallest absolute Gasteiger partial charge is 0.294 e. The summed E-state index contributed by atoms with van der Waals surface area (Å²) in [5, 5.41) is 4.00. The van der Waals surface area contributed by atoms with Crippen LogP contribution in [0, 0.1) is 17.5 Å². The highest BCUT2D eigenvalue weighted by molar-refractivity contribution is 8.18. The highest BCUT2D eigenvalue weighted by atomic mass is 32.2. The first-order chi connectivity index (χ1) is 20.1. The average Bonchev–Trinajstić information content (AvgIpc) is 3.24. The number of rotatable bonds is 10. The molecule has 1 aliphatic rings. The monoisotopic (exact) mass is 599 g/mol. The molecule has 0 radical (unpaired) electrons. The molecule has 4 rings (SSSR count). The van der Waals surface area contributed by atoms with Crippen LogP contribution in [0.15, 0.2) is 59.5 Å². The maximum absolute atomic E-state index is 13.9. The molecule has 0 saturated carbocycles. The van der Waals surface area contributed by atoms with Gasteiger partial charge in [-0.1, -0.05) is 25.1 Å². The average molecular weight is 600 g/mol. The minimum Gasteiger partial charge on any atom is -0.493 e. The Kier molecular flexibility index (Phi) is 9.53. The van der Waals surface area contributed by atoms with E-state index in [1.807, 2.05) is 24.4 Å². The number of carbonyl (C=O) groups is 4. The van der Waals surface area contributed by atoms with Crippen LogP contribution in [0.1, 0.15) is 18.1 Å². The Bertz CT molecular complexity index is 1580. The van der Waals surface area contributed by atoms with Crippen molar-refractivity contribution in [2.24, 2.45) is 0 Å². The van der Waals surface area contributed by atoms with Crippen molar-refractivity contribution in [2.75, 3.05) is 30.9 Å². The molecule has 0 unspecified atom stereocenters. The molecule has 1 fully saturated rings. The predicted octanol–water partition coefficient (Wildman–Crippen LogP) is 5.37. The lowest BCUT2D eigenvalue weighted by atomic mass is 10.1. The van der Waals surface area contributed by atoms with E-state index in [0.717, 1.165) is 18.1 Å². The number of methoxy groups -OCH3 is 1. The third-order valence-corrected chi connectivity index (χ3v) is 6.88. The lowest BCUT2D eigenvalue weighted by molar-refractivity contribution is -0.127. The molecule has 0 aliphatic carbocycles. The van der Waals surface area contributed by atoms with Gasteiger partial charge in [0, 0.05) is 5.69 Å². The third-order valence-electron chi connectivity index (χ3n) is 5.97. The largest absolute Gasteiger partial charge is 0.493 e. The van der Waals surface area contributed by atoms with Crippen LogP contribution in [-0.4, -0.2) is 48.1 Å². The predicted molar refractivity (Wildman–Crippen MR) is 151 cm³/mol. The Labute approximate surface area is 242 Å². The standard InChI is InChI=1S/C29H24F3N3O6S/c1-3-16-4-7-18(8-5-16)33-25(37)15-41-21-11-6-17(12-22(21)40-2)13-23-28(38)35(29(39)42-23)14-24(36)34-20-10-9-19(30)26(31)27(20)32/h4-13H,3,14-15H2,1-2H3,(H,33,37)(H,34,36)/b23-13-. The number of carbonyl (C=O) groups excluding carboxylic acids is 4. The van der Waals surface area contributed by atoms with E-state index in [4.69, 9.17) is 9.47 Å². The lowest BCUT2D eigenvalue weighted by Crippen LogP contribution is -2.36. The van der Waals surface area contributed by atoms with Crippen molar-refractivity contribution in [2.45, 2.75) is 13.3 Å². The van der Waals surface area contributed by atoms with E-state index in [1.165, 1.54) is 25.3 Å². The molecule has 218 valence electrons. The van der Waals surface area contributed by atoms with Gasteiger partial charge >= 0.3 is 0 Å². The van der Waals surface area contributed by atoms with Gasteiger partial charge in [0.2, 0.25) is 5.91 Å². The summed E-state index contributed by atoms with van der Waals surface area (Å²) in [7, 11) is 1.39. The van der Waals surface area contributed by atoms with E-state index < -0.39 is 46.7 Å². The first-order valence-electron chi connectivity index (χ1n) is 12.5. The van der Waals surface area contributed by atoms with Gasteiger partial charge in [0.1, 0.15) is 6.54 Å². The van der Waals surface area contributed by atoms with Gasteiger partial charge in [-0.3, -0.25) is 24.1 Å². The molecular weight excluding hydrogens is 575 g/mol. The van der Waals surface area contributed by atoms with Gasteiger partial charge in [-0.05, 0) is 71.8 Å². The second-order valence-corrected chi connectivity index (χ2v) is 9.83. The summed E-state index contributed by atoms with van der Waals surface area (Å²) < 4.78 is 51.3. The number of anilines is 2. The molecule has 3 aromatic rings. The summed E-state index contributed by atoms with van der Waals surface area (Å²) in [4.78, 5) is 50.5. The van der Waals surface area contributed by atoms with Crippen LogP contribution >= 0.6 is 11.8 Å². The first-order valence-corrected chi connectivity index (χ1v) is 13.3. The van der Waals surface area contributed by atoms with Crippen molar-refractivity contribution >= 4 is 52.2 Å². The van der Waals surface area contributed by atoms with E-state index >= 15 is 0 Å². The maximum Gasteiger partial charge on any atom is 0.294 e. The Morgan fingerprint density at radius 2 is 1.67 bits per heavy atom. The van der Waals surface area contributed by atoms with Gasteiger partial charge in [0.25, 0.3) is 17.1 Å². The van der Waals surface area contributed by atoms with E-state index in [0.29, 0.717) is 34.0 Å². The fourth-order valence-corrected chi connectivity index (χ4v) is 4.64. The van der Waals surface area contributed by atoms with Crippen LogP contribution in [0.25, 0.3) is 6.08 Å². The van der Waals surface area contributed by atoms with Crippen molar-refractivity contribution in [3.8, 4) is 11.5 Å². The normalized spacial score (nSPS) is 13.8. The van der Waals surface area contributed by atoms with Gasteiger partial charge in [-0.2, -0.15) is 0 Å². The number of halogens is 3. The highest BCUT2D eigenvalue weighted by Gasteiger charge is 2.36. The SMILES string of the molecule is CCc1ccc(NC(=O)COc2ccc(/C=C3\SC(=O)N(CC(=O)Nc4ccc(F)c(F)c4F)C3=O)cc2OC)cc1. The molecule has 0 atom stereocenters. The number of hydrogen-bond acceptors (Lipinski definition) is 7. The van der Waals surface area contributed by atoms with Crippen LogP contribution < -0.4 is 20.1 Å². The van der Waals surface area contributed by atoms with Gasteiger partial charge in [-0.25, -0.2) is 13.2 Å². The van der Waals surface area contributed by atoms with E-state index in [9.17, 15) is 32.3 Å². The number of nitrogens with one attached hydrogen (secondary N) is 2. The number of imide groups is 1. The van der Waals surface area contributed by atoms with E-state index in [1.54, 1.807) is 18.2 Å². The summed E-state index contributed by atoms with van der Waals surface area (Å²) in [5.41, 5.74) is 1.59. The fraction of sp³-hybridized carbons (Fsp3) is 0.172. The van der Waals surface area contributed by atoms with Crippen molar-refractivity contribution < 1.29 is 41.8 Å². The van der Waals surface area contributed by atoms with Crippen LogP contribution in [0.4, 0.5) is 29.3 Å². The third kappa shape index (κ3) is 7.10. The quantitative estimate of drug-likeness (QED) is 0.238. The molecule has 3 aromatic carbocycles. The number of aryl methyl sites for hydroxylation is 1. The molecular formula is C29H24F3N3O6S. The Balaban J connectivity index is 1.38. The molecule has 0 spiro atoms. The second kappa shape index (κ2) is 13.3. The topological polar surface area (TPSA) is 114 Å². The Morgan fingerprint density at radius 1 is 0.929 bits per heavy atom. The van der Waals surface area contributed by atoms with Gasteiger partial charge in [0.05, 0.1) is 17.7 Å². The molecule has 9 nitrogen and oxygen atoms in total. The zero-order valence-corrected chi connectivity index (χ0v) is 23.2. The number of benzene rings is 3. The summed E-state index contributed by atoms with van der Waals surface area (Å²) in [5.74, 6) is -6.44. The van der Waals surface area contributed by atoms with Crippen molar-refractivity contribution in [1.29, 1.82) is 0 Å². The second-order valence-electron chi connectivity index (χ2n) is 8.84. The number of nitrogens with zero attached hydrogens (tertiary/aromatic N) is 1. The summed E-state index contributed by atoms with van der Waals surface area (Å²) >= 11 is 0.577.